The number of nitrogens with zero attached hydrogens (tertiary/aromatic N) is 2. The van der Waals surface area contributed by atoms with Gasteiger partial charge in [0.05, 0.1) is 12.4 Å². The fraction of sp³-hybridized carbons (Fsp3) is 1.00. The van der Waals surface area contributed by atoms with Crippen LogP contribution in [0.15, 0.2) is 0 Å². The maximum atomic E-state index is 11.1. The van der Waals surface area contributed by atoms with Gasteiger partial charge in [-0.15, -0.1) is 0 Å². The van der Waals surface area contributed by atoms with Crippen molar-refractivity contribution in [3.8, 4) is 0 Å². The first-order valence-corrected chi connectivity index (χ1v) is 8.70. The number of piperazine rings is 1. The van der Waals surface area contributed by atoms with Crippen molar-refractivity contribution in [1.82, 2.24) is 9.80 Å². The molecule has 1 saturated heterocycles. The van der Waals surface area contributed by atoms with E-state index in [9.17, 15) is 8.42 Å². The molecular formula is C12H26N2O3S. The summed E-state index contributed by atoms with van der Waals surface area (Å²) in [5.41, 5.74) is 0. The molecule has 1 aliphatic heterocycles. The van der Waals surface area contributed by atoms with Gasteiger partial charge in [0.1, 0.15) is 9.84 Å². The molecule has 1 fully saturated rings. The van der Waals surface area contributed by atoms with E-state index in [2.05, 4.69) is 16.7 Å². The van der Waals surface area contributed by atoms with E-state index in [1.807, 2.05) is 6.92 Å². The predicted octanol–water partition coefficient (Wildman–Crippen LogP) is 0.0736. The molecule has 6 heteroatoms. The Bertz CT molecular complexity index is 332. The van der Waals surface area contributed by atoms with Gasteiger partial charge in [-0.1, -0.05) is 0 Å². The van der Waals surface area contributed by atoms with Gasteiger partial charge in [-0.2, -0.15) is 0 Å². The minimum Gasteiger partial charge on any atom is -0.380 e. The van der Waals surface area contributed by atoms with Crippen LogP contribution in [-0.2, 0) is 14.6 Å². The van der Waals surface area contributed by atoms with Crippen molar-refractivity contribution in [2.75, 3.05) is 57.9 Å². The quantitative estimate of drug-likeness (QED) is 0.617. The highest BCUT2D eigenvalue weighted by Crippen LogP contribution is 2.09. The van der Waals surface area contributed by atoms with Gasteiger partial charge in [0.2, 0.25) is 0 Å². The molecule has 0 bridgehead atoms. The van der Waals surface area contributed by atoms with Crippen LogP contribution >= 0.6 is 0 Å². The molecule has 0 saturated carbocycles. The van der Waals surface area contributed by atoms with E-state index in [0.29, 0.717) is 12.6 Å². The topological polar surface area (TPSA) is 49.9 Å². The Morgan fingerprint density at radius 1 is 1.28 bits per heavy atom. The van der Waals surface area contributed by atoms with Crippen LogP contribution in [0.1, 0.15) is 13.8 Å². The molecule has 0 spiro atoms. The van der Waals surface area contributed by atoms with E-state index >= 15 is 0 Å². The molecule has 0 aliphatic carbocycles. The Hall–Kier alpha value is -0.170. The second-order valence-electron chi connectivity index (χ2n) is 5.01. The number of rotatable bonds is 7. The van der Waals surface area contributed by atoms with Crippen LogP contribution in [0.2, 0.25) is 0 Å². The lowest BCUT2D eigenvalue weighted by atomic mass is 10.2. The summed E-state index contributed by atoms with van der Waals surface area (Å²) in [6.45, 7) is 10.3. The lowest BCUT2D eigenvalue weighted by Gasteiger charge is -2.39. The van der Waals surface area contributed by atoms with Crippen molar-refractivity contribution >= 4 is 9.84 Å². The summed E-state index contributed by atoms with van der Waals surface area (Å²) in [5, 5.41) is 0. The Kier molecular flexibility index (Phi) is 6.55. The fourth-order valence-electron chi connectivity index (χ4n) is 2.23. The number of hydrogen-bond acceptors (Lipinski definition) is 5. The lowest BCUT2D eigenvalue weighted by molar-refractivity contribution is 0.0516. The average Bonchev–Trinajstić information content (AvgIpc) is 2.28. The second kappa shape index (κ2) is 7.43. The first kappa shape index (κ1) is 15.9. The summed E-state index contributed by atoms with van der Waals surface area (Å²) in [6, 6.07) is 0.471. The highest BCUT2D eigenvalue weighted by molar-refractivity contribution is 7.90. The van der Waals surface area contributed by atoms with Gasteiger partial charge < -0.3 is 4.74 Å². The molecule has 1 aliphatic rings. The summed E-state index contributed by atoms with van der Waals surface area (Å²) >= 11 is 0. The summed E-state index contributed by atoms with van der Waals surface area (Å²) in [7, 11) is -2.85. The molecule has 0 aromatic carbocycles. The second-order valence-corrected chi connectivity index (χ2v) is 7.27. The normalized spacial score (nSPS) is 23.4. The van der Waals surface area contributed by atoms with E-state index in [1.165, 1.54) is 6.26 Å². The summed E-state index contributed by atoms with van der Waals surface area (Å²) in [5.74, 6) is 0.263. The highest BCUT2D eigenvalue weighted by Gasteiger charge is 2.23. The molecule has 1 rings (SSSR count). The zero-order valence-electron chi connectivity index (χ0n) is 11.8. The van der Waals surface area contributed by atoms with Crippen LogP contribution in [0, 0.1) is 0 Å². The van der Waals surface area contributed by atoms with Gasteiger partial charge >= 0.3 is 0 Å². The van der Waals surface area contributed by atoms with Crippen LogP contribution < -0.4 is 0 Å². The van der Waals surface area contributed by atoms with Crippen molar-refractivity contribution in [2.45, 2.75) is 19.9 Å². The van der Waals surface area contributed by atoms with Gasteiger partial charge in [-0.05, 0) is 13.8 Å². The third kappa shape index (κ3) is 6.13. The Labute approximate surface area is 111 Å². The zero-order chi connectivity index (χ0) is 13.6. The molecule has 1 unspecified atom stereocenters. The lowest BCUT2D eigenvalue weighted by Crippen LogP contribution is -2.53. The van der Waals surface area contributed by atoms with E-state index in [1.54, 1.807) is 0 Å². The minimum atomic E-state index is -2.85. The molecule has 18 heavy (non-hydrogen) atoms. The number of hydrogen-bond donors (Lipinski definition) is 0. The van der Waals surface area contributed by atoms with Gasteiger partial charge in [0.15, 0.2) is 0 Å². The molecular weight excluding hydrogens is 252 g/mol. The summed E-state index contributed by atoms with van der Waals surface area (Å²) in [6.07, 6.45) is 1.30. The van der Waals surface area contributed by atoms with Crippen molar-refractivity contribution < 1.29 is 13.2 Å². The molecule has 5 nitrogen and oxygen atoms in total. The largest absolute Gasteiger partial charge is 0.380 e. The van der Waals surface area contributed by atoms with Crippen molar-refractivity contribution in [3.05, 3.63) is 0 Å². The third-order valence-corrected chi connectivity index (χ3v) is 4.28. The zero-order valence-corrected chi connectivity index (χ0v) is 12.6. The van der Waals surface area contributed by atoms with E-state index < -0.39 is 9.84 Å². The SMILES string of the molecule is CCOCCN1CCN(CCS(C)(=O)=O)CC1C. The van der Waals surface area contributed by atoms with Crippen LogP contribution in [-0.4, -0.2) is 82.2 Å². The van der Waals surface area contributed by atoms with E-state index in [4.69, 9.17) is 4.74 Å². The molecule has 0 N–H and O–H groups in total. The van der Waals surface area contributed by atoms with Gasteiger partial charge in [-0.3, -0.25) is 9.80 Å². The first-order valence-electron chi connectivity index (χ1n) is 6.64. The average molecular weight is 278 g/mol. The van der Waals surface area contributed by atoms with Crippen LogP contribution in [0.25, 0.3) is 0 Å². The minimum absolute atomic E-state index is 0.263. The predicted molar refractivity (Wildman–Crippen MR) is 73.7 cm³/mol. The van der Waals surface area contributed by atoms with Gasteiger partial charge in [-0.25, -0.2) is 8.42 Å². The van der Waals surface area contributed by atoms with Gasteiger partial charge in [0.25, 0.3) is 0 Å². The number of sulfone groups is 1. The monoisotopic (exact) mass is 278 g/mol. The van der Waals surface area contributed by atoms with Crippen LogP contribution in [0.4, 0.5) is 0 Å². The summed E-state index contributed by atoms with van der Waals surface area (Å²) in [4.78, 5) is 4.65. The molecule has 0 aromatic heterocycles. The summed E-state index contributed by atoms with van der Waals surface area (Å²) < 4.78 is 27.7. The Balaban J connectivity index is 2.27. The maximum Gasteiger partial charge on any atom is 0.148 e. The smallest absolute Gasteiger partial charge is 0.148 e. The van der Waals surface area contributed by atoms with E-state index in [0.717, 1.165) is 39.4 Å². The van der Waals surface area contributed by atoms with Gasteiger partial charge in [0, 0.05) is 51.6 Å². The fourth-order valence-corrected chi connectivity index (χ4v) is 2.82. The molecule has 108 valence electrons. The van der Waals surface area contributed by atoms with Crippen molar-refractivity contribution in [3.63, 3.8) is 0 Å². The Morgan fingerprint density at radius 2 is 2.00 bits per heavy atom. The van der Waals surface area contributed by atoms with Crippen LogP contribution in [0.5, 0.6) is 0 Å². The standard InChI is InChI=1S/C12H26N2O3S/c1-4-17-9-7-14-6-5-13(11-12(14)2)8-10-18(3,15)16/h12H,4-11H2,1-3H3. The van der Waals surface area contributed by atoms with Crippen LogP contribution in [0.3, 0.4) is 0 Å². The Morgan fingerprint density at radius 3 is 2.56 bits per heavy atom. The highest BCUT2D eigenvalue weighted by atomic mass is 32.2. The first-order chi connectivity index (χ1) is 8.42. The number of ether oxygens (including phenoxy) is 1. The molecule has 1 heterocycles. The molecule has 0 amide bonds. The van der Waals surface area contributed by atoms with E-state index in [-0.39, 0.29) is 5.75 Å². The molecule has 0 aromatic rings. The maximum absolute atomic E-state index is 11.1. The molecule has 1 atom stereocenters. The van der Waals surface area contributed by atoms with Crippen molar-refractivity contribution in [2.24, 2.45) is 0 Å². The third-order valence-electron chi connectivity index (χ3n) is 3.35. The van der Waals surface area contributed by atoms with Crippen molar-refractivity contribution in [1.29, 1.82) is 0 Å². The molecule has 0 radical (unpaired) electrons.